The van der Waals surface area contributed by atoms with E-state index in [1.807, 2.05) is 23.1 Å². The zero-order valence-electron chi connectivity index (χ0n) is 16.7. The molecule has 156 valence electrons. The van der Waals surface area contributed by atoms with E-state index >= 15 is 0 Å². The number of amides is 3. The van der Waals surface area contributed by atoms with Crippen molar-refractivity contribution in [2.45, 2.75) is 19.4 Å². The Morgan fingerprint density at radius 3 is 2.20 bits per heavy atom. The average molecular weight is 426 g/mol. The van der Waals surface area contributed by atoms with Crippen LogP contribution >= 0.6 is 11.6 Å². The molecule has 0 N–H and O–H groups in total. The largest absolute Gasteiger partial charge is 0.340 e. The van der Waals surface area contributed by atoms with Crippen LogP contribution in [0.2, 0.25) is 5.02 Å². The zero-order chi connectivity index (χ0) is 21.1. The first-order valence-electron chi connectivity index (χ1n) is 10.2. The van der Waals surface area contributed by atoms with Gasteiger partial charge in [0.15, 0.2) is 0 Å². The summed E-state index contributed by atoms with van der Waals surface area (Å²) >= 11 is 6.05. The minimum absolute atomic E-state index is 0.0778. The number of benzene rings is 2. The minimum atomic E-state index is -0.266. The van der Waals surface area contributed by atoms with Crippen LogP contribution in [0.3, 0.4) is 0 Å². The van der Waals surface area contributed by atoms with Crippen molar-refractivity contribution >= 4 is 29.3 Å². The van der Waals surface area contributed by atoms with E-state index in [-0.39, 0.29) is 24.3 Å². The van der Waals surface area contributed by atoms with Crippen LogP contribution in [0.5, 0.6) is 0 Å². The summed E-state index contributed by atoms with van der Waals surface area (Å²) in [6.45, 7) is 4.10. The molecule has 2 heterocycles. The quantitative estimate of drug-likeness (QED) is 0.667. The van der Waals surface area contributed by atoms with Crippen molar-refractivity contribution in [2.24, 2.45) is 0 Å². The number of fused-ring (bicyclic) bond motifs is 1. The van der Waals surface area contributed by atoms with Crippen molar-refractivity contribution in [1.29, 1.82) is 0 Å². The van der Waals surface area contributed by atoms with Crippen LogP contribution in [-0.4, -0.2) is 65.1 Å². The lowest BCUT2D eigenvalue weighted by Crippen LogP contribution is -2.48. The fourth-order valence-corrected chi connectivity index (χ4v) is 4.25. The Labute approximate surface area is 181 Å². The van der Waals surface area contributed by atoms with Crippen LogP contribution in [-0.2, 0) is 11.3 Å². The van der Waals surface area contributed by atoms with Gasteiger partial charge in [-0.1, -0.05) is 35.9 Å². The summed E-state index contributed by atoms with van der Waals surface area (Å²) in [5, 5.41) is 0.736. The molecule has 0 radical (unpaired) electrons. The third-order valence-corrected chi connectivity index (χ3v) is 5.91. The molecule has 1 saturated heterocycles. The maximum atomic E-state index is 12.6. The smallest absolute Gasteiger partial charge is 0.261 e. The van der Waals surface area contributed by atoms with Gasteiger partial charge in [-0.15, -0.1) is 0 Å². The normalized spacial score (nSPS) is 16.8. The van der Waals surface area contributed by atoms with Gasteiger partial charge in [0.2, 0.25) is 5.91 Å². The summed E-state index contributed by atoms with van der Waals surface area (Å²) in [5.41, 5.74) is 2.07. The molecular weight excluding hydrogens is 402 g/mol. The van der Waals surface area contributed by atoms with E-state index in [1.165, 1.54) is 10.5 Å². The van der Waals surface area contributed by atoms with E-state index in [9.17, 15) is 14.4 Å². The number of carbonyl (C=O) groups is 3. The second-order valence-corrected chi connectivity index (χ2v) is 8.13. The van der Waals surface area contributed by atoms with E-state index in [1.54, 1.807) is 24.3 Å². The SMILES string of the molecule is O=C(CCCN1C(=O)c2ccccc2C1=O)N1CCN(Cc2cccc(Cl)c2)CC1. The molecule has 2 aromatic rings. The number of hydrogen-bond donors (Lipinski definition) is 0. The Balaban J connectivity index is 1.21. The second kappa shape index (κ2) is 8.98. The fraction of sp³-hybridized carbons (Fsp3) is 0.348. The Morgan fingerprint density at radius 1 is 0.900 bits per heavy atom. The highest BCUT2D eigenvalue weighted by atomic mass is 35.5. The van der Waals surface area contributed by atoms with Crippen LogP contribution in [0.15, 0.2) is 48.5 Å². The van der Waals surface area contributed by atoms with Gasteiger partial charge in [0.1, 0.15) is 0 Å². The molecule has 1 fully saturated rings. The van der Waals surface area contributed by atoms with Crippen molar-refractivity contribution in [3.63, 3.8) is 0 Å². The van der Waals surface area contributed by atoms with Gasteiger partial charge in [-0.05, 0) is 36.2 Å². The lowest BCUT2D eigenvalue weighted by atomic mass is 10.1. The number of imide groups is 1. The van der Waals surface area contributed by atoms with Crippen molar-refractivity contribution in [3.8, 4) is 0 Å². The first-order valence-corrected chi connectivity index (χ1v) is 10.6. The summed E-state index contributed by atoms with van der Waals surface area (Å²) < 4.78 is 0. The molecule has 2 aliphatic heterocycles. The molecule has 0 aromatic heterocycles. The Morgan fingerprint density at radius 2 is 1.57 bits per heavy atom. The van der Waals surface area contributed by atoms with Crippen molar-refractivity contribution in [3.05, 3.63) is 70.2 Å². The maximum Gasteiger partial charge on any atom is 0.261 e. The highest BCUT2D eigenvalue weighted by Gasteiger charge is 2.34. The molecule has 30 heavy (non-hydrogen) atoms. The number of nitrogens with zero attached hydrogens (tertiary/aromatic N) is 3. The van der Waals surface area contributed by atoms with Gasteiger partial charge in [0, 0.05) is 50.7 Å². The first-order chi connectivity index (χ1) is 14.5. The lowest BCUT2D eigenvalue weighted by Gasteiger charge is -2.35. The third-order valence-electron chi connectivity index (χ3n) is 5.67. The van der Waals surface area contributed by atoms with E-state index in [2.05, 4.69) is 11.0 Å². The number of rotatable bonds is 6. The topological polar surface area (TPSA) is 60.9 Å². The molecule has 3 amide bonds. The van der Waals surface area contributed by atoms with Gasteiger partial charge in [0.05, 0.1) is 11.1 Å². The number of hydrogen-bond acceptors (Lipinski definition) is 4. The van der Waals surface area contributed by atoms with Gasteiger partial charge in [-0.25, -0.2) is 0 Å². The fourth-order valence-electron chi connectivity index (χ4n) is 4.04. The predicted molar refractivity (Wildman–Crippen MR) is 114 cm³/mol. The van der Waals surface area contributed by atoms with Crippen LogP contribution in [0, 0.1) is 0 Å². The van der Waals surface area contributed by atoms with Gasteiger partial charge in [-0.3, -0.25) is 24.2 Å². The van der Waals surface area contributed by atoms with Crippen LogP contribution < -0.4 is 0 Å². The highest BCUT2D eigenvalue weighted by Crippen LogP contribution is 2.23. The molecule has 0 spiro atoms. The van der Waals surface area contributed by atoms with Crippen LogP contribution in [0.4, 0.5) is 0 Å². The van der Waals surface area contributed by atoms with E-state index in [0.717, 1.165) is 24.7 Å². The summed E-state index contributed by atoms with van der Waals surface area (Å²) in [6.07, 6.45) is 0.814. The molecule has 2 aromatic carbocycles. The van der Waals surface area contributed by atoms with Gasteiger partial charge >= 0.3 is 0 Å². The average Bonchev–Trinajstić information content (AvgIpc) is 2.99. The summed E-state index contributed by atoms with van der Waals surface area (Å²) in [5.74, 6) is -0.454. The molecule has 6 nitrogen and oxygen atoms in total. The summed E-state index contributed by atoms with van der Waals surface area (Å²) in [6, 6.07) is 14.7. The minimum Gasteiger partial charge on any atom is -0.340 e. The molecule has 0 aliphatic carbocycles. The monoisotopic (exact) mass is 425 g/mol. The number of carbonyl (C=O) groups excluding carboxylic acids is 3. The zero-order valence-corrected chi connectivity index (χ0v) is 17.5. The number of piperazine rings is 1. The third kappa shape index (κ3) is 4.40. The Hall–Kier alpha value is -2.70. The molecular formula is C23H24ClN3O3. The van der Waals surface area contributed by atoms with E-state index in [0.29, 0.717) is 37.1 Å². The Kier molecular flexibility index (Phi) is 6.16. The van der Waals surface area contributed by atoms with E-state index < -0.39 is 0 Å². The number of halogens is 1. The maximum absolute atomic E-state index is 12.6. The highest BCUT2D eigenvalue weighted by molar-refractivity contribution is 6.30. The van der Waals surface area contributed by atoms with Crippen molar-refractivity contribution in [2.75, 3.05) is 32.7 Å². The summed E-state index contributed by atoms with van der Waals surface area (Å²) in [7, 11) is 0. The van der Waals surface area contributed by atoms with Crippen LogP contribution in [0.25, 0.3) is 0 Å². The van der Waals surface area contributed by atoms with E-state index in [4.69, 9.17) is 11.6 Å². The van der Waals surface area contributed by atoms with Gasteiger partial charge < -0.3 is 4.90 Å². The van der Waals surface area contributed by atoms with Gasteiger partial charge in [0.25, 0.3) is 11.8 Å². The lowest BCUT2D eigenvalue weighted by molar-refractivity contribution is -0.133. The van der Waals surface area contributed by atoms with Gasteiger partial charge in [-0.2, -0.15) is 0 Å². The molecule has 0 bridgehead atoms. The van der Waals surface area contributed by atoms with Crippen molar-refractivity contribution in [1.82, 2.24) is 14.7 Å². The predicted octanol–water partition coefficient (Wildman–Crippen LogP) is 3.06. The molecule has 7 heteroatoms. The first kappa shape index (κ1) is 20.6. The molecule has 0 saturated carbocycles. The second-order valence-electron chi connectivity index (χ2n) is 7.70. The van der Waals surface area contributed by atoms with Crippen LogP contribution in [0.1, 0.15) is 39.1 Å². The molecule has 2 aliphatic rings. The molecule has 0 atom stereocenters. The summed E-state index contributed by atoms with van der Waals surface area (Å²) in [4.78, 5) is 42.8. The standard InChI is InChI=1S/C23H24ClN3O3/c24-18-6-3-5-17(15-18)16-25-11-13-26(14-12-25)21(28)9-4-10-27-22(29)19-7-1-2-8-20(19)23(27)30/h1-3,5-8,15H,4,9-14,16H2. The molecule has 0 unspecified atom stereocenters. The van der Waals surface area contributed by atoms with Crippen molar-refractivity contribution < 1.29 is 14.4 Å². The molecule has 4 rings (SSSR count). The Bertz CT molecular complexity index is 935.